The summed E-state index contributed by atoms with van der Waals surface area (Å²) in [5.41, 5.74) is 2.26. The van der Waals surface area contributed by atoms with Crippen molar-refractivity contribution in [3.63, 3.8) is 0 Å². The largest absolute Gasteiger partial charge is 0.488 e. The quantitative estimate of drug-likeness (QED) is 0.627. The lowest BCUT2D eigenvalue weighted by molar-refractivity contribution is 0.122. The van der Waals surface area contributed by atoms with Crippen LogP contribution in [0.1, 0.15) is 6.92 Å². The Bertz CT molecular complexity index is 1010. The summed E-state index contributed by atoms with van der Waals surface area (Å²) in [6.07, 6.45) is 1.72. The van der Waals surface area contributed by atoms with Gasteiger partial charge < -0.3 is 25.0 Å². The number of nitrogens with zero attached hydrogens (tertiary/aromatic N) is 3. The maximum atomic E-state index is 12.2. The molecular formula is C23H25N5O3. The molecule has 0 spiro atoms. The molecule has 2 heterocycles. The van der Waals surface area contributed by atoms with Crippen molar-refractivity contribution >= 4 is 23.2 Å². The van der Waals surface area contributed by atoms with E-state index in [-0.39, 0.29) is 6.03 Å². The van der Waals surface area contributed by atoms with Crippen LogP contribution in [0.4, 0.5) is 22.0 Å². The van der Waals surface area contributed by atoms with Gasteiger partial charge in [0.05, 0.1) is 26.0 Å². The predicted molar refractivity (Wildman–Crippen MR) is 121 cm³/mol. The minimum Gasteiger partial charge on any atom is -0.488 e. The van der Waals surface area contributed by atoms with E-state index in [4.69, 9.17) is 14.5 Å². The molecule has 1 aromatic heterocycles. The number of amides is 2. The van der Waals surface area contributed by atoms with Gasteiger partial charge in [-0.15, -0.1) is 0 Å². The normalized spacial score (nSPS) is 13.5. The first-order valence-electron chi connectivity index (χ1n) is 10.3. The molecule has 0 atom stereocenters. The van der Waals surface area contributed by atoms with E-state index in [0.29, 0.717) is 37.1 Å². The van der Waals surface area contributed by atoms with Crippen molar-refractivity contribution < 1.29 is 14.3 Å². The number of ether oxygens (including phenoxy) is 2. The third-order valence-corrected chi connectivity index (χ3v) is 4.78. The lowest BCUT2D eigenvalue weighted by Crippen LogP contribution is -2.37. The number of nitrogens with one attached hydrogen (secondary N) is 2. The molecular weight excluding hydrogens is 394 g/mol. The van der Waals surface area contributed by atoms with Gasteiger partial charge >= 0.3 is 6.03 Å². The average molecular weight is 419 g/mol. The smallest absolute Gasteiger partial charge is 0.323 e. The zero-order chi connectivity index (χ0) is 21.5. The maximum Gasteiger partial charge on any atom is 0.323 e. The molecule has 1 fully saturated rings. The molecule has 4 rings (SSSR count). The molecule has 2 amide bonds. The molecule has 0 unspecified atom stereocenters. The van der Waals surface area contributed by atoms with Gasteiger partial charge in [0.1, 0.15) is 0 Å². The molecule has 1 saturated heterocycles. The van der Waals surface area contributed by atoms with Crippen molar-refractivity contribution in [3.8, 4) is 17.1 Å². The summed E-state index contributed by atoms with van der Waals surface area (Å²) in [4.78, 5) is 23.6. The highest BCUT2D eigenvalue weighted by Gasteiger charge is 2.19. The molecule has 0 aliphatic carbocycles. The minimum absolute atomic E-state index is 0.300. The van der Waals surface area contributed by atoms with Crippen molar-refractivity contribution in [2.45, 2.75) is 6.92 Å². The zero-order valence-corrected chi connectivity index (χ0v) is 17.4. The molecule has 2 N–H and O–H groups in total. The summed E-state index contributed by atoms with van der Waals surface area (Å²) in [6, 6.07) is 16.4. The highest BCUT2D eigenvalue weighted by Crippen LogP contribution is 2.29. The maximum absolute atomic E-state index is 12.2. The second kappa shape index (κ2) is 9.90. The Kier molecular flexibility index (Phi) is 6.59. The van der Waals surface area contributed by atoms with Crippen LogP contribution < -0.4 is 20.3 Å². The van der Waals surface area contributed by atoms with Crippen LogP contribution in [0.3, 0.4) is 0 Å². The fraction of sp³-hybridized carbons (Fsp3) is 0.261. The highest BCUT2D eigenvalue weighted by molar-refractivity contribution is 5.99. The van der Waals surface area contributed by atoms with Crippen molar-refractivity contribution in [2.24, 2.45) is 0 Å². The van der Waals surface area contributed by atoms with E-state index in [1.807, 2.05) is 61.5 Å². The van der Waals surface area contributed by atoms with E-state index in [1.54, 1.807) is 6.20 Å². The van der Waals surface area contributed by atoms with Gasteiger partial charge in [-0.1, -0.05) is 18.2 Å². The molecule has 31 heavy (non-hydrogen) atoms. The number of aromatic nitrogens is 2. The molecule has 1 aliphatic rings. The number of urea groups is 1. The first-order chi connectivity index (χ1) is 15.2. The summed E-state index contributed by atoms with van der Waals surface area (Å²) in [5, 5.41) is 5.62. The molecule has 0 radical (unpaired) electrons. The SMILES string of the molecule is CCOc1cnc(-c2ccc(NC(=O)Nc3ccccc3)cc2)nc1N1CCOCC1. The number of benzene rings is 2. The Labute approximate surface area is 181 Å². The molecule has 0 bridgehead atoms. The van der Waals surface area contributed by atoms with Crippen molar-refractivity contribution in [3.05, 3.63) is 60.8 Å². The number of morpholine rings is 1. The molecule has 8 nitrogen and oxygen atoms in total. The number of para-hydroxylation sites is 1. The van der Waals surface area contributed by atoms with Crippen LogP contribution >= 0.6 is 0 Å². The fourth-order valence-electron chi connectivity index (χ4n) is 3.28. The van der Waals surface area contributed by atoms with Crippen molar-refractivity contribution in [1.82, 2.24) is 9.97 Å². The van der Waals surface area contributed by atoms with Crippen LogP contribution in [-0.2, 0) is 4.74 Å². The van der Waals surface area contributed by atoms with Gasteiger partial charge in [0.25, 0.3) is 0 Å². The van der Waals surface area contributed by atoms with Crippen LogP contribution in [0.2, 0.25) is 0 Å². The van der Waals surface area contributed by atoms with Crippen LogP contribution in [-0.4, -0.2) is 48.9 Å². The van der Waals surface area contributed by atoms with E-state index < -0.39 is 0 Å². The number of hydrogen-bond acceptors (Lipinski definition) is 6. The Hall–Kier alpha value is -3.65. The number of carbonyl (C=O) groups excluding carboxylic acids is 1. The van der Waals surface area contributed by atoms with E-state index >= 15 is 0 Å². The van der Waals surface area contributed by atoms with Gasteiger partial charge in [0, 0.05) is 30.0 Å². The summed E-state index contributed by atoms with van der Waals surface area (Å²) in [6.45, 7) is 5.33. The molecule has 3 aromatic rings. The lowest BCUT2D eigenvalue weighted by atomic mass is 10.2. The second-order valence-corrected chi connectivity index (χ2v) is 6.94. The van der Waals surface area contributed by atoms with Crippen molar-refractivity contribution in [2.75, 3.05) is 48.4 Å². The average Bonchev–Trinajstić information content (AvgIpc) is 2.81. The van der Waals surface area contributed by atoms with Crippen LogP contribution in [0.5, 0.6) is 5.75 Å². The predicted octanol–water partition coefficient (Wildman–Crippen LogP) is 4.02. The topological polar surface area (TPSA) is 88.6 Å². The Morgan fingerprint density at radius 1 is 1.03 bits per heavy atom. The van der Waals surface area contributed by atoms with Crippen LogP contribution in [0, 0.1) is 0 Å². The minimum atomic E-state index is -0.300. The fourth-order valence-corrected chi connectivity index (χ4v) is 3.28. The van der Waals surface area contributed by atoms with Gasteiger partial charge in [0.2, 0.25) is 0 Å². The van der Waals surface area contributed by atoms with Gasteiger partial charge in [-0.3, -0.25) is 0 Å². The number of rotatable bonds is 6. The highest BCUT2D eigenvalue weighted by atomic mass is 16.5. The summed E-state index contributed by atoms with van der Waals surface area (Å²) in [5.74, 6) is 2.05. The van der Waals surface area contributed by atoms with E-state index in [1.165, 1.54) is 0 Å². The first kappa shape index (κ1) is 20.6. The standard InChI is InChI=1S/C23H25N5O3/c1-2-31-20-16-24-21(27-22(20)28-12-14-30-15-13-28)17-8-10-19(11-9-17)26-23(29)25-18-6-4-3-5-7-18/h3-11,16H,2,12-15H2,1H3,(H2,25,26,29). The van der Waals surface area contributed by atoms with E-state index in [0.717, 1.165) is 30.2 Å². The Morgan fingerprint density at radius 3 is 2.39 bits per heavy atom. The monoisotopic (exact) mass is 419 g/mol. The zero-order valence-electron chi connectivity index (χ0n) is 17.4. The molecule has 0 saturated carbocycles. The van der Waals surface area contributed by atoms with Crippen molar-refractivity contribution in [1.29, 1.82) is 0 Å². The number of carbonyl (C=O) groups is 1. The first-order valence-corrected chi connectivity index (χ1v) is 10.3. The lowest BCUT2D eigenvalue weighted by Gasteiger charge is -2.29. The van der Waals surface area contributed by atoms with Crippen LogP contribution in [0.25, 0.3) is 11.4 Å². The molecule has 1 aliphatic heterocycles. The van der Waals surface area contributed by atoms with E-state index in [2.05, 4.69) is 20.5 Å². The Balaban J connectivity index is 1.48. The number of anilines is 3. The summed E-state index contributed by atoms with van der Waals surface area (Å²) >= 11 is 0. The van der Waals surface area contributed by atoms with Crippen LogP contribution in [0.15, 0.2) is 60.8 Å². The van der Waals surface area contributed by atoms with E-state index in [9.17, 15) is 4.79 Å². The second-order valence-electron chi connectivity index (χ2n) is 6.94. The van der Waals surface area contributed by atoms with Gasteiger partial charge in [-0.2, -0.15) is 0 Å². The third kappa shape index (κ3) is 5.29. The molecule has 2 aromatic carbocycles. The summed E-state index contributed by atoms with van der Waals surface area (Å²) < 4.78 is 11.2. The van der Waals surface area contributed by atoms with Gasteiger partial charge in [0.15, 0.2) is 17.4 Å². The van der Waals surface area contributed by atoms with Gasteiger partial charge in [-0.05, 0) is 43.3 Å². The third-order valence-electron chi connectivity index (χ3n) is 4.78. The molecule has 8 heteroatoms. The number of hydrogen-bond donors (Lipinski definition) is 2. The van der Waals surface area contributed by atoms with Gasteiger partial charge in [-0.25, -0.2) is 14.8 Å². The Morgan fingerprint density at radius 2 is 1.71 bits per heavy atom. The molecule has 160 valence electrons. The summed E-state index contributed by atoms with van der Waals surface area (Å²) in [7, 11) is 0.